The van der Waals surface area contributed by atoms with Crippen LogP contribution in [-0.2, 0) is 14.3 Å². The van der Waals surface area contributed by atoms with Crippen LogP contribution in [0.25, 0.3) is 0 Å². The zero-order valence-corrected chi connectivity index (χ0v) is 9.40. The molecule has 0 spiro atoms. The van der Waals surface area contributed by atoms with Crippen LogP contribution in [0.2, 0.25) is 0 Å². The highest BCUT2D eigenvalue weighted by Gasteiger charge is 2.16. The molecule has 0 fully saturated rings. The molecule has 88 valence electrons. The van der Waals surface area contributed by atoms with Gasteiger partial charge >= 0.3 is 5.97 Å². The summed E-state index contributed by atoms with van der Waals surface area (Å²) >= 11 is 0. The summed E-state index contributed by atoms with van der Waals surface area (Å²) in [6, 6.07) is 6.05. The predicted octanol–water partition coefficient (Wildman–Crippen LogP) is 2.12. The van der Waals surface area contributed by atoms with Crippen molar-refractivity contribution in [2.45, 2.75) is 12.3 Å². The van der Waals surface area contributed by atoms with E-state index in [1.54, 1.807) is 19.2 Å². The Kier molecular flexibility index (Phi) is 4.92. The first kappa shape index (κ1) is 12.6. The fraction of sp³-hybridized carbons (Fsp3) is 0.417. The van der Waals surface area contributed by atoms with Gasteiger partial charge in [0.1, 0.15) is 5.82 Å². The van der Waals surface area contributed by atoms with Crippen LogP contribution in [0.15, 0.2) is 24.3 Å². The summed E-state index contributed by atoms with van der Waals surface area (Å²) in [5, 5.41) is 0. The molecular formula is C12H15FO3. The molecule has 0 amide bonds. The van der Waals surface area contributed by atoms with Crippen LogP contribution in [0.4, 0.5) is 4.39 Å². The molecule has 16 heavy (non-hydrogen) atoms. The summed E-state index contributed by atoms with van der Waals surface area (Å²) in [6.45, 7) is 0.404. The Labute approximate surface area is 94.2 Å². The van der Waals surface area contributed by atoms with E-state index >= 15 is 0 Å². The van der Waals surface area contributed by atoms with Crippen molar-refractivity contribution in [3.05, 3.63) is 35.6 Å². The van der Waals surface area contributed by atoms with Crippen molar-refractivity contribution in [3.63, 3.8) is 0 Å². The van der Waals surface area contributed by atoms with Crippen molar-refractivity contribution in [3.8, 4) is 0 Å². The number of carbonyl (C=O) groups excluding carboxylic acids is 1. The molecule has 0 aromatic heterocycles. The van der Waals surface area contributed by atoms with Gasteiger partial charge in [-0.2, -0.15) is 0 Å². The fourth-order valence-electron chi connectivity index (χ4n) is 1.49. The third kappa shape index (κ3) is 3.62. The molecule has 1 atom stereocenters. The van der Waals surface area contributed by atoms with Gasteiger partial charge in [-0.25, -0.2) is 4.39 Å². The van der Waals surface area contributed by atoms with E-state index in [1.807, 2.05) is 0 Å². The van der Waals surface area contributed by atoms with Crippen LogP contribution in [0, 0.1) is 5.82 Å². The van der Waals surface area contributed by atoms with E-state index in [2.05, 4.69) is 4.74 Å². The van der Waals surface area contributed by atoms with E-state index in [0.29, 0.717) is 6.61 Å². The Morgan fingerprint density at radius 2 is 1.94 bits per heavy atom. The molecule has 1 unspecified atom stereocenters. The van der Waals surface area contributed by atoms with Gasteiger partial charge in [-0.15, -0.1) is 0 Å². The number of hydrogen-bond donors (Lipinski definition) is 0. The number of rotatable bonds is 5. The highest BCUT2D eigenvalue weighted by molar-refractivity contribution is 5.70. The maximum absolute atomic E-state index is 12.7. The Balaban J connectivity index is 2.76. The Hall–Kier alpha value is -1.42. The average Bonchev–Trinajstić information content (AvgIpc) is 2.29. The van der Waals surface area contributed by atoms with Crippen LogP contribution in [0.1, 0.15) is 17.9 Å². The van der Waals surface area contributed by atoms with Crippen molar-refractivity contribution in [1.82, 2.24) is 0 Å². The van der Waals surface area contributed by atoms with Gasteiger partial charge < -0.3 is 9.47 Å². The fourth-order valence-corrected chi connectivity index (χ4v) is 1.49. The maximum Gasteiger partial charge on any atom is 0.306 e. The van der Waals surface area contributed by atoms with Gasteiger partial charge in [-0.3, -0.25) is 4.79 Å². The van der Waals surface area contributed by atoms with Gasteiger partial charge in [-0.05, 0) is 17.7 Å². The minimum atomic E-state index is -0.300. The quantitative estimate of drug-likeness (QED) is 0.721. The van der Waals surface area contributed by atoms with Crippen LogP contribution in [0.3, 0.4) is 0 Å². The maximum atomic E-state index is 12.7. The zero-order chi connectivity index (χ0) is 12.0. The largest absolute Gasteiger partial charge is 0.469 e. The molecule has 0 saturated heterocycles. The van der Waals surface area contributed by atoms with Crippen molar-refractivity contribution in [2.75, 3.05) is 20.8 Å². The summed E-state index contributed by atoms with van der Waals surface area (Å²) in [5.41, 5.74) is 0.869. The Morgan fingerprint density at radius 3 is 2.44 bits per heavy atom. The summed E-state index contributed by atoms with van der Waals surface area (Å²) in [5.74, 6) is -0.692. The first-order valence-electron chi connectivity index (χ1n) is 4.98. The number of methoxy groups -OCH3 is 2. The number of carbonyl (C=O) groups is 1. The lowest BCUT2D eigenvalue weighted by Crippen LogP contribution is -2.13. The molecule has 1 aromatic rings. The average molecular weight is 226 g/mol. The van der Waals surface area contributed by atoms with Crippen LogP contribution >= 0.6 is 0 Å². The minimum Gasteiger partial charge on any atom is -0.469 e. The smallest absolute Gasteiger partial charge is 0.306 e. The number of benzene rings is 1. The van der Waals surface area contributed by atoms with Crippen molar-refractivity contribution in [1.29, 1.82) is 0 Å². The van der Waals surface area contributed by atoms with Gasteiger partial charge in [0.15, 0.2) is 0 Å². The van der Waals surface area contributed by atoms with Crippen LogP contribution < -0.4 is 0 Å². The predicted molar refractivity (Wildman–Crippen MR) is 57.7 cm³/mol. The Morgan fingerprint density at radius 1 is 1.31 bits per heavy atom. The SMILES string of the molecule is COCC(CC(=O)OC)c1ccc(F)cc1. The number of ether oxygens (including phenoxy) is 2. The molecule has 0 bridgehead atoms. The highest BCUT2D eigenvalue weighted by Crippen LogP contribution is 2.20. The molecule has 0 radical (unpaired) electrons. The molecule has 0 aliphatic carbocycles. The topological polar surface area (TPSA) is 35.5 Å². The lowest BCUT2D eigenvalue weighted by molar-refractivity contribution is -0.141. The van der Waals surface area contributed by atoms with Crippen LogP contribution in [-0.4, -0.2) is 26.8 Å². The first-order chi connectivity index (χ1) is 7.67. The number of halogens is 1. The van der Waals surface area contributed by atoms with E-state index < -0.39 is 0 Å². The molecular weight excluding hydrogens is 211 g/mol. The van der Waals surface area contributed by atoms with Gasteiger partial charge in [0.2, 0.25) is 0 Å². The number of esters is 1. The van der Waals surface area contributed by atoms with Crippen LogP contribution in [0.5, 0.6) is 0 Å². The van der Waals surface area contributed by atoms with Crippen molar-refractivity contribution < 1.29 is 18.7 Å². The van der Waals surface area contributed by atoms with E-state index in [1.165, 1.54) is 19.2 Å². The number of hydrogen-bond acceptors (Lipinski definition) is 3. The molecule has 3 nitrogen and oxygen atoms in total. The van der Waals surface area contributed by atoms with Crippen molar-refractivity contribution >= 4 is 5.97 Å². The highest BCUT2D eigenvalue weighted by atomic mass is 19.1. The first-order valence-corrected chi connectivity index (χ1v) is 4.98. The second-order valence-electron chi connectivity index (χ2n) is 3.48. The molecule has 0 aliphatic heterocycles. The summed E-state index contributed by atoms with van der Waals surface area (Å²) < 4.78 is 22.4. The monoisotopic (exact) mass is 226 g/mol. The molecule has 1 rings (SSSR count). The summed E-state index contributed by atoms with van der Waals surface area (Å²) in [6.07, 6.45) is 0.232. The minimum absolute atomic E-state index is 0.0990. The molecule has 4 heteroatoms. The lowest BCUT2D eigenvalue weighted by atomic mass is 9.96. The van der Waals surface area contributed by atoms with E-state index in [-0.39, 0.29) is 24.1 Å². The third-order valence-electron chi connectivity index (χ3n) is 2.35. The van der Waals surface area contributed by atoms with Gasteiger partial charge in [0, 0.05) is 13.0 Å². The molecule has 0 saturated carbocycles. The van der Waals surface area contributed by atoms with Gasteiger partial charge in [0.25, 0.3) is 0 Å². The second kappa shape index (κ2) is 6.23. The Bertz CT molecular complexity index is 335. The third-order valence-corrected chi connectivity index (χ3v) is 2.35. The normalized spacial score (nSPS) is 12.2. The lowest BCUT2D eigenvalue weighted by Gasteiger charge is -2.14. The molecule has 0 heterocycles. The van der Waals surface area contributed by atoms with E-state index in [4.69, 9.17) is 4.74 Å². The van der Waals surface area contributed by atoms with E-state index in [0.717, 1.165) is 5.56 Å². The molecule has 0 N–H and O–H groups in total. The van der Waals surface area contributed by atoms with Gasteiger partial charge in [-0.1, -0.05) is 12.1 Å². The zero-order valence-electron chi connectivity index (χ0n) is 9.40. The van der Waals surface area contributed by atoms with Gasteiger partial charge in [0.05, 0.1) is 20.1 Å². The molecule has 1 aromatic carbocycles. The van der Waals surface area contributed by atoms with E-state index in [9.17, 15) is 9.18 Å². The summed E-state index contributed by atoms with van der Waals surface area (Å²) in [7, 11) is 2.91. The standard InChI is InChI=1S/C12H15FO3/c1-15-8-10(7-12(14)16-2)9-3-5-11(13)6-4-9/h3-6,10H,7-8H2,1-2H3. The summed E-state index contributed by atoms with van der Waals surface area (Å²) in [4.78, 5) is 11.2. The second-order valence-corrected chi connectivity index (χ2v) is 3.48. The molecule has 0 aliphatic rings. The van der Waals surface area contributed by atoms with Crippen molar-refractivity contribution in [2.24, 2.45) is 0 Å².